The van der Waals surface area contributed by atoms with Gasteiger partial charge >= 0.3 is 12.1 Å². The number of carbonyl (C=O) groups is 3. The molecule has 0 spiro atoms. The highest BCUT2D eigenvalue weighted by molar-refractivity contribution is 5.81. The first-order chi connectivity index (χ1) is 7.06. The third-order valence-corrected chi connectivity index (χ3v) is 1.27. The second-order valence-corrected chi connectivity index (χ2v) is 2.38. The molecule has 0 aromatic heterocycles. The van der Waals surface area contributed by atoms with Crippen LogP contribution in [-0.4, -0.2) is 36.4 Å². The summed E-state index contributed by atoms with van der Waals surface area (Å²) in [5.41, 5.74) is 0. The lowest BCUT2D eigenvalue weighted by Gasteiger charge is -2.04. The first kappa shape index (κ1) is 12.9. The average Bonchev–Trinajstić information content (AvgIpc) is 2.17. The number of hydrogen-bond donors (Lipinski definition) is 3. The highest BCUT2D eigenvalue weighted by Crippen LogP contribution is 1.84. The van der Waals surface area contributed by atoms with Crippen LogP contribution in [0.4, 0.5) is 4.79 Å². The van der Waals surface area contributed by atoms with Gasteiger partial charge in [0.1, 0.15) is 6.61 Å². The van der Waals surface area contributed by atoms with Gasteiger partial charge in [-0.1, -0.05) is 6.58 Å². The predicted octanol–water partition coefficient (Wildman–Crippen LogP) is -0.553. The SMILES string of the molecule is C=CC(=O)OCCC(=O)NCNC(=O)O. The van der Waals surface area contributed by atoms with E-state index in [1.54, 1.807) is 0 Å². The Labute approximate surface area is 86.1 Å². The second kappa shape index (κ2) is 7.36. The van der Waals surface area contributed by atoms with E-state index in [-0.39, 0.29) is 19.7 Å². The Morgan fingerprint density at radius 1 is 1.33 bits per heavy atom. The molecule has 0 bridgehead atoms. The van der Waals surface area contributed by atoms with Crippen LogP contribution in [-0.2, 0) is 14.3 Å². The van der Waals surface area contributed by atoms with Crippen LogP contribution in [0.2, 0.25) is 0 Å². The molecule has 0 radical (unpaired) electrons. The van der Waals surface area contributed by atoms with E-state index in [9.17, 15) is 14.4 Å². The second-order valence-electron chi connectivity index (χ2n) is 2.38. The lowest BCUT2D eigenvalue weighted by atomic mass is 10.4. The molecule has 0 aliphatic rings. The van der Waals surface area contributed by atoms with Gasteiger partial charge in [0.15, 0.2) is 0 Å². The third kappa shape index (κ3) is 8.28. The van der Waals surface area contributed by atoms with Gasteiger partial charge in [0, 0.05) is 6.08 Å². The van der Waals surface area contributed by atoms with Crippen molar-refractivity contribution in [1.29, 1.82) is 0 Å². The zero-order chi connectivity index (χ0) is 11.7. The van der Waals surface area contributed by atoms with Gasteiger partial charge in [-0.3, -0.25) is 4.79 Å². The van der Waals surface area contributed by atoms with Crippen molar-refractivity contribution < 1.29 is 24.2 Å². The van der Waals surface area contributed by atoms with E-state index in [2.05, 4.69) is 16.6 Å². The Morgan fingerprint density at radius 3 is 2.53 bits per heavy atom. The van der Waals surface area contributed by atoms with E-state index in [1.165, 1.54) is 0 Å². The molecule has 0 fully saturated rings. The van der Waals surface area contributed by atoms with E-state index < -0.39 is 18.0 Å². The van der Waals surface area contributed by atoms with Crippen molar-refractivity contribution in [3.63, 3.8) is 0 Å². The summed E-state index contributed by atoms with van der Waals surface area (Å²) in [4.78, 5) is 31.4. The lowest BCUT2D eigenvalue weighted by molar-refractivity contribution is -0.138. The summed E-state index contributed by atoms with van der Waals surface area (Å²) < 4.78 is 4.53. The van der Waals surface area contributed by atoms with Crippen LogP contribution in [0.1, 0.15) is 6.42 Å². The fourth-order valence-corrected chi connectivity index (χ4v) is 0.610. The van der Waals surface area contributed by atoms with Gasteiger partial charge in [0.05, 0.1) is 13.1 Å². The minimum Gasteiger partial charge on any atom is -0.465 e. The molecule has 0 atom stereocenters. The van der Waals surface area contributed by atoms with Crippen LogP contribution in [0.3, 0.4) is 0 Å². The van der Waals surface area contributed by atoms with Gasteiger partial charge in [-0.2, -0.15) is 0 Å². The molecule has 0 saturated heterocycles. The van der Waals surface area contributed by atoms with Crippen LogP contribution in [0.25, 0.3) is 0 Å². The summed E-state index contributed by atoms with van der Waals surface area (Å²) in [5, 5.41) is 12.4. The van der Waals surface area contributed by atoms with E-state index in [0.717, 1.165) is 6.08 Å². The number of carbonyl (C=O) groups excluding carboxylic acids is 2. The van der Waals surface area contributed by atoms with Gasteiger partial charge in [-0.25, -0.2) is 9.59 Å². The van der Waals surface area contributed by atoms with Crippen LogP contribution in [0, 0.1) is 0 Å². The summed E-state index contributed by atoms with van der Waals surface area (Å²) in [6.07, 6.45) is -0.265. The first-order valence-electron chi connectivity index (χ1n) is 4.09. The Morgan fingerprint density at radius 2 is 2.00 bits per heavy atom. The number of amides is 2. The zero-order valence-electron chi connectivity index (χ0n) is 7.99. The minimum atomic E-state index is -1.23. The molecular formula is C8H12N2O5. The monoisotopic (exact) mass is 216 g/mol. The maximum absolute atomic E-state index is 10.9. The quantitative estimate of drug-likeness (QED) is 0.314. The summed E-state index contributed by atoms with van der Waals surface area (Å²) >= 11 is 0. The molecule has 0 aromatic carbocycles. The zero-order valence-corrected chi connectivity index (χ0v) is 7.99. The minimum absolute atomic E-state index is 0.0269. The van der Waals surface area contributed by atoms with Crippen LogP contribution in [0.15, 0.2) is 12.7 Å². The molecule has 0 aliphatic carbocycles. The molecular weight excluding hydrogens is 204 g/mol. The summed E-state index contributed by atoms with van der Waals surface area (Å²) in [5.74, 6) is -1.02. The van der Waals surface area contributed by atoms with Crippen molar-refractivity contribution in [3.05, 3.63) is 12.7 Å². The smallest absolute Gasteiger partial charge is 0.406 e. The number of carboxylic acid groups (broad SMARTS) is 1. The molecule has 0 aliphatic heterocycles. The van der Waals surface area contributed by atoms with Crippen LogP contribution in [0.5, 0.6) is 0 Å². The molecule has 0 rings (SSSR count). The van der Waals surface area contributed by atoms with Crippen molar-refractivity contribution in [2.24, 2.45) is 0 Å². The van der Waals surface area contributed by atoms with Gasteiger partial charge in [0.25, 0.3) is 0 Å². The molecule has 0 heterocycles. The average molecular weight is 216 g/mol. The van der Waals surface area contributed by atoms with Crippen molar-refractivity contribution in [3.8, 4) is 0 Å². The normalized spacial score (nSPS) is 8.80. The summed E-state index contributed by atoms with van der Waals surface area (Å²) in [7, 11) is 0. The number of esters is 1. The van der Waals surface area contributed by atoms with Crippen molar-refractivity contribution in [2.45, 2.75) is 6.42 Å². The van der Waals surface area contributed by atoms with Gasteiger partial charge in [-0.15, -0.1) is 0 Å². The Hall–Kier alpha value is -2.05. The van der Waals surface area contributed by atoms with Crippen LogP contribution >= 0.6 is 0 Å². The van der Waals surface area contributed by atoms with Gasteiger partial charge in [0.2, 0.25) is 5.91 Å². The molecule has 84 valence electrons. The van der Waals surface area contributed by atoms with Crippen LogP contribution < -0.4 is 10.6 Å². The highest BCUT2D eigenvalue weighted by atomic mass is 16.5. The van der Waals surface area contributed by atoms with Crippen molar-refractivity contribution in [1.82, 2.24) is 10.6 Å². The Kier molecular flexibility index (Phi) is 6.36. The number of rotatable bonds is 6. The molecule has 0 unspecified atom stereocenters. The predicted molar refractivity (Wildman–Crippen MR) is 49.9 cm³/mol. The number of ether oxygens (including phenoxy) is 1. The van der Waals surface area contributed by atoms with Gasteiger partial charge < -0.3 is 20.5 Å². The topological polar surface area (TPSA) is 105 Å². The van der Waals surface area contributed by atoms with Gasteiger partial charge in [-0.05, 0) is 0 Å². The third-order valence-electron chi connectivity index (χ3n) is 1.27. The first-order valence-corrected chi connectivity index (χ1v) is 4.09. The molecule has 0 saturated carbocycles. The highest BCUT2D eigenvalue weighted by Gasteiger charge is 2.02. The summed E-state index contributed by atoms with van der Waals surface area (Å²) in [6, 6.07) is 0. The number of hydrogen-bond acceptors (Lipinski definition) is 4. The summed E-state index contributed by atoms with van der Waals surface area (Å²) in [6.45, 7) is 2.93. The van der Waals surface area contributed by atoms with E-state index >= 15 is 0 Å². The van der Waals surface area contributed by atoms with E-state index in [0.29, 0.717) is 0 Å². The van der Waals surface area contributed by atoms with Crippen molar-refractivity contribution >= 4 is 18.0 Å². The maximum Gasteiger partial charge on any atom is 0.406 e. The Bertz CT molecular complexity index is 264. The maximum atomic E-state index is 10.9. The van der Waals surface area contributed by atoms with Crippen molar-refractivity contribution in [2.75, 3.05) is 13.3 Å². The van der Waals surface area contributed by atoms with E-state index in [4.69, 9.17) is 5.11 Å². The molecule has 15 heavy (non-hydrogen) atoms. The van der Waals surface area contributed by atoms with E-state index in [1.807, 2.05) is 5.32 Å². The molecule has 0 aromatic rings. The fourth-order valence-electron chi connectivity index (χ4n) is 0.610. The molecule has 2 amide bonds. The fraction of sp³-hybridized carbons (Fsp3) is 0.375. The molecule has 7 heteroatoms. The largest absolute Gasteiger partial charge is 0.465 e. The molecule has 7 nitrogen and oxygen atoms in total. The Balaban J connectivity index is 3.45. The molecule has 3 N–H and O–H groups in total. The standard InChI is InChI=1S/C8H12N2O5/c1-2-7(12)15-4-3-6(11)9-5-10-8(13)14/h2,10H,1,3-5H2,(H,9,11)(H,13,14). The number of nitrogens with one attached hydrogen (secondary N) is 2. The lowest BCUT2D eigenvalue weighted by Crippen LogP contribution is -2.36.